The predicted molar refractivity (Wildman–Crippen MR) is 80.8 cm³/mol. The van der Waals surface area contributed by atoms with Crippen molar-refractivity contribution in [2.45, 2.75) is 19.5 Å². The second-order valence-electron chi connectivity index (χ2n) is 3.84. The lowest BCUT2D eigenvalue weighted by Crippen LogP contribution is -2.17. The molecule has 0 bridgehead atoms. The summed E-state index contributed by atoms with van der Waals surface area (Å²) < 4.78 is 3.66. The van der Waals surface area contributed by atoms with Crippen molar-refractivity contribution >= 4 is 43.5 Å². The summed E-state index contributed by atoms with van der Waals surface area (Å²) in [5.41, 5.74) is 8.20. The zero-order valence-electron chi connectivity index (χ0n) is 9.70. The van der Waals surface area contributed by atoms with Crippen LogP contribution in [0.5, 0.6) is 0 Å². The molecular weight excluding hydrogens is 381 g/mol. The van der Waals surface area contributed by atoms with E-state index in [9.17, 15) is 0 Å². The van der Waals surface area contributed by atoms with E-state index in [0.717, 1.165) is 26.7 Å². The van der Waals surface area contributed by atoms with E-state index in [1.54, 1.807) is 6.20 Å². The third-order valence-electron chi connectivity index (χ3n) is 2.73. The van der Waals surface area contributed by atoms with Crippen LogP contribution in [-0.2, 0) is 6.54 Å². The van der Waals surface area contributed by atoms with Crippen LogP contribution in [0.1, 0.15) is 24.2 Å². The Morgan fingerprint density at radius 1 is 1.39 bits per heavy atom. The molecule has 1 heterocycles. The molecule has 0 fully saturated rings. The van der Waals surface area contributed by atoms with Gasteiger partial charge in [-0.25, -0.2) is 0 Å². The molecule has 3 nitrogen and oxygen atoms in total. The van der Waals surface area contributed by atoms with Gasteiger partial charge in [-0.3, -0.25) is 4.68 Å². The lowest BCUT2D eigenvalue weighted by atomic mass is 10.0. The Labute approximate surface area is 128 Å². The van der Waals surface area contributed by atoms with Gasteiger partial charge in [-0.05, 0) is 56.5 Å². The van der Waals surface area contributed by atoms with Gasteiger partial charge in [0.1, 0.15) is 0 Å². The summed E-state index contributed by atoms with van der Waals surface area (Å²) >= 11 is 12.9. The van der Waals surface area contributed by atoms with Crippen LogP contribution in [0.15, 0.2) is 33.3 Å². The van der Waals surface area contributed by atoms with Gasteiger partial charge in [0.15, 0.2) is 0 Å². The van der Waals surface area contributed by atoms with Crippen LogP contribution in [0.2, 0.25) is 5.02 Å². The van der Waals surface area contributed by atoms with Gasteiger partial charge < -0.3 is 5.73 Å². The average molecular weight is 394 g/mol. The molecule has 96 valence electrons. The number of rotatable bonds is 3. The Bertz CT molecular complexity index is 568. The molecule has 2 N–H and O–H groups in total. The first-order chi connectivity index (χ1) is 8.54. The van der Waals surface area contributed by atoms with Gasteiger partial charge in [-0.1, -0.05) is 17.7 Å². The second kappa shape index (κ2) is 5.74. The molecule has 1 unspecified atom stereocenters. The maximum absolute atomic E-state index is 6.29. The Morgan fingerprint density at radius 3 is 2.72 bits per heavy atom. The summed E-state index contributed by atoms with van der Waals surface area (Å²) in [6.07, 6.45) is 1.76. The van der Waals surface area contributed by atoms with E-state index < -0.39 is 0 Å². The van der Waals surface area contributed by atoms with Crippen LogP contribution >= 0.6 is 43.5 Å². The molecule has 0 aliphatic carbocycles. The molecule has 2 aromatic rings. The normalized spacial score (nSPS) is 12.7. The molecule has 1 atom stereocenters. The van der Waals surface area contributed by atoms with Crippen LogP contribution in [0.4, 0.5) is 0 Å². The maximum Gasteiger partial charge on any atom is 0.0738 e. The monoisotopic (exact) mass is 391 g/mol. The lowest BCUT2D eigenvalue weighted by molar-refractivity contribution is 0.599. The number of hydrogen-bond acceptors (Lipinski definition) is 2. The first kappa shape index (κ1) is 14.1. The fraction of sp³-hybridized carbons (Fsp3) is 0.250. The van der Waals surface area contributed by atoms with Gasteiger partial charge >= 0.3 is 0 Å². The number of aromatic nitrogens is 2. The fourth-order valence-corrected chi connectivity index (χ4v) is 2.78. The van der Waals surface area contributed by atoms with Crippen molar-refractivity contribution in [3.63, 3.8) is 0 Å². The van der Waals surface area contributed by atoms with Crippen molar-refractivity contribution < 1.29 is 0 Å². The third kappa shape index (κ3) is 2.64. The Balaban J connectivity index is 2.44. The van der Waals surface area contributed by atoms with Crippen LogP contribution in [0.3, 0.4) is 0 Å². The van der Waals surface area contributed by atoms with Gasteiger partial charge in [-0.15, -0.1) is 0 Å². The van der Waals surface area contributed by atoms with E-state index in [-0.39, 0.29) is 6.04 Å². The van der Waals surface area contributed by atoms with E-state index in [4.69, 9.17) is 17.3 Å². The van der Waals surface area contributed by atoms with Crippen molar-refractivity contribution in [3.05, 3.63) is 49.6 Å². The van der Waals surface area contributed by atoms with Gasteiger partial charge in [-0.2, -0.15) is 5.10 Å². The SMILES string of the molecule is CCn1ncc(Br)c1C(N)c1ccc(Br)c(Cl)c1. The Kier molecular flexibility index (Phi) is 4.48. The van der Waals surface area contributed by atoms with E-state index in [2.05, 4.69) is 37.0 Å². The molecule has 0 aliphatic heterocycles. The average Bonchev–Trinajstić information content (AvgIpc) is 2.73. The highest BCUT2D eigenvalue weighted by molar-refractivity contribution is 9.10. The first-order valence-electron chi connectivity index (χ1n) is 5.46. The molecular formula is C12H12Br2ClN3. The largest absolute Gasteiger partial charge is 0.319 e. The van der Waals surface area contributed by atoms with Gasteiger partial charge in [0.2, 0.25) is 0 Å². The molecule has 18 heavy (non-hydrogen) atoms. The van der Waals surface area contributed by atoms with Gasteiger partial charge in [0.25, 0.3) is 0 Å². The number of nitrogens with two attached hydrogens (primary N) is 1. The molecule has 0 spiro atoms. The predicted octanol–water partition coefficient (Wildman–Crippen LogP) is 4.13. The molecule has 1 aromatic heterocycles. The zero-order chi connectivity index (χ0) is 13.3. The summed E-state index contributed by atoms with van der Waals surface area (Å²) in [5, 5.41) is 4.92. The summed E-state index contributed by atoms with van der Waals surface area (Å²) in [6.45, 7) is 2.81. The van der Waals surface area contributed by atoms with Gasteiger partial charge in [0, 0.05) is 11.0 Å². The molecule has 1 aromatic carbocycles. The van der Waals surface area contributed by atoms with Crippen molar-refractivity contribution in [1.82, 2.24) is 9.78 Å². The molecule has 2 rings (SSSR count). The van der Waals surface area contributed by atoms with Crippen LogP contribution in [-0.4, -0.2) is 9.78 Å². The minimum atomic E-state index is -0.257. The number of benzene rings is 1. The lowest BCUT2D eigenvalue weighted by Gasteiger charge is -2.15. The smallest absolute Gasteiger partial charge is 0.0738 e. The van der Waals surface area contributed by atoms with Crippen LogP contribution in [0.25, 0.3) is 0 Å². The van der Waals surface area contributed by atoms with E-state index in [1.165, 1.54) is 0 Å². The molecule has 0 saturated carbocycles. The summed E-state index contributed by atoms with van der Waals surface area (Å²) in [4.78, 5) is 0. The summed E-state index contributed by atoms with van der Waals surface area (Å²) in [6, 6.07) is 5.47. The molecule has 0 amide bonds. The van der Waals surface area contributed by atoms with Crippen LogP contribution < -0.4 is 5.73 Å². The van der Waals surface area contributed by atoms with Gasteiger partial charge in [0.05, 0.1) is 27.4 Å². The number of nitrogens with zero attached hydrogens (tertiary/aromatic N) is 2. The van der Waals surface area contributed by atoms with Crippen molar-refractivity contribution in [3.8, 4) is 0 Å². The quantitative estimate of drug-likeness (QED) is 0.852. The topological polar surface area (TPSA) is 43.8 Å². The third-order valence-corrected chi connectivity index (χ3v) is 4.57. The van der Waals surface area contributed by atoms with E-state index >= 15 is 0 Å². The standard InChI is InChI=1S/C12H12Br2ClN3/c1-2-18-12(9(14)6-17-18)11(16)7-3-4-8(13)10(15)5-7/h3-6,11H,2,16H2,1H3. The number of halogens is 3. The Morgan fingerprint density at radius 2 is 2.11 bits per heavy atom. The molecule has 0 aliphatic rings. The van der Waals surface area contributed by atoms with E-state index in [0.29, 0.717) is 5.02 Å². The zero-order valence-corrected chi connectivity index (χ0v) is 13.6. The number of aryl methyl sites for hydroxylation is 1. The maximum atomic E-state index is 6.29. The minimum Gasteiger partial charge on any atom is -0.319 e. The van der Waals surface area contributed by atoms with Crippen molar-refractivity contribution in [2.75, 3.05) is 0 Å². The van der Waals surface area contributed by atoms with Crippen molar-refractivity contribution in [2.24, 2.45) is 5.73 Å². The van der Waals surface area contributed by atoms with Crippen molar-refractivity contribution in [1.29, 1.82) is 0 Å². The number of hydrogen-bond donors (Lipinski definition) is 1. The van der Waals surface area contributed by atoms with Crippen LogP contribution in [0, 0.1) is 0 Å². The van der Waals surface area contributed by atoms with E-state index in [1.807, 2.05) is 29.8 Å². The highest BCUT2D eigenvalue weighted by Crippen LogP contribution is 2.30. The molecule has 0 radical (unpaired) electrons. The fourth-order valence-electron chi connectivity index (χ4n) is 1.80. The highest BCUT2D eigenvalue weighted by atomic mass is 79.9. The first-order valence-corrected chi connectivity index (χ1v) is 7.42. The molecule has 6 heteroatoms. The second-order valence-corrected chi connectivity index (χ2v) is 5.96. The highest BCUT2D eigenvalue weighted by Gasteiger charge is 2.18. The minimum absolute atomic E-state index is 0.257. The summed E-state index contributed by atoms with van der Waals surface area (Å²) in [5.74, 6) is 0. The summed E-state index contributed by atoms with van der Waals surface area (Å²) in [7, 11) is 0. The molecule has 0 saturated heterocycles. The Hall–Kier alpha value is -0.360.